The molecule has 0 unspecified atom stereocenters. The van der Waals surface area contributed by atoms with Crippen LogP contribution in [0, 0.1) is 5.41 Å². The lowest BCUT2D eigenvalue weighted by Crippen LogP contribution is -2.28. The summed E-state index contributed by atoms with van der Waals surface area (Å²) >= 11 is 0. The maximum atomic E-state index is 12.8. The van der Waals surface area contributed by atoms with Crippen molar-refractivity contribution in [3.63, 3.8) is 0 Å². The number of aromatic nitrogens is 6. The van der Waals surface area contributed by atoms with E-state index < -0.39 is 0 Å². The van der Waals surface area contributed by atoms with Gasteiger partial charge in [-0.15, -0.1) is 0 Å². The van der Waals surface area contributed by atoms with Crippen LogP contribution in [-0.4, -0.2) is 73.8 Å². The molecule has 0 radical (unpaired) electrons. The van der Waals surface area contributed by atoms with Gasteiger partial charge in [-0.3, -0.25) is 14.4 Å². The van der Waals surface area contributed by atoms with Gasteiger partial charge in [-0.1, -0.05) is 26.8 Å². The van der Waals surface area contributed by atoms with Crippen LogP contribution in [0.4, 0.5) is 23.0 Å². The molecule has 0 spiro atoms. The molecule has 1 aliphatic heterocycles. The molecule has 12 nitrogen and oxygen atoms in total. The second-order valence-electron chi connectivity index (χ2n) is 11.0. The number of methoxy groups -OCH3 is 1. The SMILES string of the molecule is CCC(=O)c1cnc(Nc2cnc(OCCN3CCC(C)(C)C3)cn2)cc1Nc1cccc(-c2ncn(C)n2)c1OC. The molecular formula is C30H37N9O3. The molecule has 0 aliphatic carbocycles. The van der Waals surface area contributed by atoms with Crippen LogP contribution in [0.1, 0.15) is 44.0 Å². The molecule has 220 valence electrons. The van der Waals surface area contributed by atoms with Crippen molar-refractivity contribution in [3.05, 3.63) is 54.7 Å². The maximum Gasteiger partial charge on any atom is 0.232 e. The number of nitrogens with zero attached hydrogens (tertiary/aromatic N) is 7. The molecule has 1 aromatic carbocycles. The van der Waals surface area contributed by atoms with Gasteiger partial charge in [0.25, 0.3) is 0 Å². The predicted molar refractivity (Wildman–Crippen MR) is 161 cm³/mol. The summed E-state index contributed by atoms with van der Waals surface area (Å²) in [6.45, 7) is 10.0. The van der Waals surface area contributed by atoms with E-state index in [2.05, 4.69) is 54.4 Å². The van der Waals surface area contributed by atoms with Crippen molar-refractivity contribution in [3.8, 4) is 23.0 Å². The van der Waals surface area contributed by atoms with Crippen LogP contribution in [0.2, 0.25) is 0 Å². The molecule has 0 bridgehead atoms. The number of carbonyl (C=O) groups excluding carboxylic acids is 1. The first-order chi connectivity index (χ1) is 20.2. The summed E-state index contributed by atoms with van der Waals surface area (Å²) in [6.07, 6.45) is 7.91. The predicted octanol–water partition coefficient (Wildman–Crippen LogP) is 4.87. The van der Waals surface area contributed by atoms with Crippen molar-refractivity contribution in [2.45, 2.75) is 33.6 Å². The van der Waals surface area contributed by atoms with E-state index in [0.29, 0.717) is 64.5 Å². The third-order valence-corrected chi connectivity index (χ3v) is 7.15. The molecule has 5 rings (SSSR count). The van der Waals surface area contributed by atoms with Crippen molar-refractivity contribution >= 4 is 28.8 Å². The summed E-state index contributed by atoms with van der Waals surface area (Å²) in [5.41, 5.74) is 2.78. The number of ketones is 1. The van der Waals surface area contributed by atoms with E-state index in [9.17, 15) is 4.79 Å². The minimum Gasteiger partial charge on any atom is -0.494 e. The Morgan fingerprint density at radius 2 is 1.88 bits per heavy atom. The normalized spacial score (nSPS) is 14.5. The lowest BCUT2D eigenvalue weighted by Gasteiger charge is -2.19. The number of benzene rings is 1. The van der Waals surface area contributed by atoms with Crippen LogP contribution in [0.15, 0.2) is 49.2 Å². The Morgan fingerprint density at radius 3 is 2.55 bits per heavy atom. The largest absolute Gasteiger partial charge is 0.494 e. The van der Waals surface area contributed by atoms with Gasteiger partial charge in [-0.2, -0.15) is 5.10 Å². The third kappa shape index (κ3) is 6.82. The number of aryl methyl sites for hydroxylation is 1. The zero-order valence-electron chi connectivity index (χ0n) is 24.7. The Hall–Kier alpha value is -4.58. The van der Waals surface area contributed by atoms with Crippen LogP contribution >= 0.6 is 0 Å². The van der Waals surface area contributed by atoms with Crippen LogP contribution < -0.4 is 20.1 Å². The summed E-state index contributed by atoms with van der Waals surface area (Å²) in [7, 11) is 3.39. The minimum atomic E-state index is -0.0446. The molecule has 1 saturated heterocycles. The first-order valence-corrected chi connectivity index (χ1v) is 14.0. The number of nitrogens with one attached hydrogen (secondary N) is 2. The second kappa shape index (κ2) is 12.5. The monoisotopic (exact) mass is 571 g/mol. The molecule has 1 aliphatic rings. The fourth-order valence-corrected chi connectivity index (χ4v) is 4.96. The fourth-order valence-electron chi connectivity index (χ4n) is 4.96. The van der Waals surface area contributed by atoms with Gasteiger partial charge in [0, 0.05) is 38.8 Å². The van der Waals surface area contributed by atoms with Gasteiger partial charge >= 0.3 is 0 Å². The third-order valence-electron chi connectivity index (χ3n) is 7.15. The zero-order valence-corrected chi connectivity index (χ0v) is 24.7. The number of Topliss-reactive ketones (excluding diaryl/α,β-unsaturated/α-hetero) is 1. The highest BCUT2D eigenvalue weighted by atomic mass is 16.5. The molecule has 42 heavy (non-hydrogen) atoms. The molecule has 0 atom stereocenters. The Labute approximate surface area is 245 Å². The number of anilines is 4. The Kier molecular flexibility index (Phi) is 8.62. The van der Waals surface area contributed by atoms with Gasteiger partial charge in [0.2, 0.25) is 5.88 Å². The second-order valence-corrected chi connectivity index (χ2v) is 11.0. The van der Waals surface area contributed by atoms with E-state index >= 15 is 0 Å². The summed E-state index contributed by atoms with van der Waals surface area (Å²) in [6, 6.07) is 7.39. The lowest BCUT2D eigenvalue weighted by atomic mass is 9.93. The molecule has 0 amide bonds. The average Bonchev–Trinajstić information content (AvgIpc) is 3.57. The Balaban J connectivity index is 1.30. The Morgan fingerprint density at radius 1 is 1.05 bits per heavy atom. The minimum absolute atomic E-state index is 0.0446. The van der Waals surface area contributed by atoms with E-state index in [1.165, 1.54) is 6.42 Å². The number of para-hydroxylation sites is 1. The van der Waals surface area contributed by atoms with Gasteiger partial charge < -0.3 is 20.1 Å². The quantitative estimate of drug-likeness (QED) is 0.226. The van der Waals surface area contributed by atoms with E-state index in [4.69, 9.17) is 9.47 Å². The van der Waals surface area contributed by atoms with E-state index in [0.717, 1.165) is 25.2 Å². The molecule has 0 saturated carbocycles. The number of ether oxygens (including phenoxy) is 2. The van der Waals surface area contributed by atoms with Gasteiger partial charge in [-0.05, 0) is 30.5 Å². The first-order valence-electron chi connectivity index (χ1n) is 14.0. The number of hydrogen-bond acceptors (Lipinski definition) is 11. The molecule has 12 heteroatoms. The van der Waals surface area contributed by atoms with Gasteiger partial charge in [-0.25, -0.2) is 19.9 Å². The molecule has 3 aromatic heterocycles. The van der Waals surface area contributed by atoms with Crippen molar-refractivity contribution < 1.29 is 14.3 Å². The lowest BCUT2D eigenvalue weighted by molar-refractivity contribution is 0.0988. The van der Waals surface area contributed by atoms with Crippen molar-refractivity contribution in [2.24, 2.45) is 12.5 Å². The highest BCUT2D eigenvalue weighted by Crippen LogP contribution is 2.37. The fraction of sp³-hybridized carbons (Fsp3) is 0.400. The number of hydrogen-bond donors (Lipinski definition) is 2. The summed E-state index contributed by atoms with van der Waals surface area (Å²) in [4.78, 5) is 32.8. The van der Waals surface area contributed by atoms with Crippen LogP contribution in [0.25, 0.3) is 11.4 Å². The topological polar surface area (TPSA) is 132 Å². The Bertz CT molecular complexity index is 1540. The average molecular weight is 572 g/mol. The van der Waals surface area contributed by atoms with Crippen molar-refractivity contribution in [1.82, 2.24) is 34.6 Å². The molecule has 1 fully saturated rings. The number of carbonyl (C=O) groups is 1. The van der Waals surface area contributed by atoms with Crippen LogP contribution in [0.5, 0.6) is 11.6 Å². The van der Waals surface area contributed by atoms with E-state index in [1.807, 2.05) is 25.1 Å². The molecular weight excluding hydrogens is 534 g/mol. The zero-order chi connectivity index (χ0) is 29.7. The standard InChI is InChI=1S/C30H37N9O3/c1-6-24(40)21-15-31-25(36-26-16-33-27(17-32-26)42-13-12-39-11-10-30(2,3)18-39)14-23(21)35-22-9-7-8-20(28(22)41-5)29-34-19-38(4)37-29/h7-9,14-17,19H,6,10-13,18H2,1-5H3,(H2,31,32,35,36). The van der Waals surface area contributed by atoms with Crippen LogP contribution in [0.3, 0.4) is 0 Å². The van der Waals surface area contributed by atoms with Gasteiger partial charge in [0.05, 0.1) is 42.0 Å². The van der Waals surface area contributed by atoms with E-state index in [1.54, 1.807) is 49.8 Å². The number of likely N-dealkylation sites (tertiary alicyclic amines) is 1. The van der Waals surface area contributed by atoms with Crippen molar-refractivity contribution in [2.75, 3.05) is 44.0 Å². The first kappa shape index (κ1) is 28.9. The van der Waals surface area contributed by atoms with E-state index in [-0.39, 0.29) is 5.78 Å². The summed E-state index contributed by atoms with van der Waals surface area (Å²) in [5, 5.41) is 10.9. The molecule has 2 N–H and O–H groups in total. The van der Waals surface area contributed by atoms with Crippen LogP contribution in [-0.2, 0) is 7.05 Å². The number of rotatable bonds is 12. The molecule has 4 heterocycles. The van der Waals surface area contributed by atoms with Gasteiger partial charge in [0.15, 0.2) is 17.4 Å². The highest BCUT2D eigenvalue weighted by molar-refractivity contribution is 6.02. The molecule has 4 aromatic rings. The maximum absolute atomic E-state index is 12.8. The van der Waals surface area contributed by atoms with Gasteiger partial charge in [0.1, 0.15) is 24.6 Å². The summed E-state index contributed by atoms with van der Waals surface area (Å²) in [5.74, 6) is 2.50. The highest BCUT2D eigenvalue weighted by Gasteiger charge is 2.28. The van der Waals surface area contributed by atoms with Crippen molar-refractivity contribution in [1.29, 1.82) is 0 Å². The smallest absolute Gasteiger partial charge is 0.232 e. The summed E-state index contributed by atoms with van der Waals surface area (Å²) < 4.78 is 13.2. The number of pyridine rings is 1.